The van der Waals surface area contributed by atoms with Gasteiger partial charge in [-0.1, -0.05) is 12.1 Å². The third-order valence-electron chi connectivity index (χ3n) is 5.39. The fraction of sp³-hybridized carbons (Fsp3) is 0.238. The van der Waals surface area contributed by atoms with Crippen LogP contribution in [0.15, 0.2) is 30.3 Å². The normalized spacial score (nSPS) is 26.3. The van der Waals surface area contributed by atoms with Crippen molar-refractivity contribution < 1.29 is 59.3 Å². The van der Waals surface area contributed by atoms with Gasteiger partial charge in [0, 0.05) is 11.1 Å². The van der Waals surface area contributed by atoms with Crippen molar-refractivity contribution >= 4 is 23.5 Å². The van der Waals surface area contributed by atoms with Crippen LogP contribution in [0.1, 0.15) is 42.2 Å². The predicted octanol–water partition coefficient (Wildman–Crippen LogP) is -0.863. The summed E-state index contributed by atoms with van der Waals surface area (Å²) >= 11 is 0. The zero-order valence-electron chi connectivity index (χ0n) is 16.4. The third-order valence-corrected chi connectivity index (χ3v) is 5.39. The van der Waals surface area contributed by atoms with Crippen LogP contribution in [0.2, 0.25) is 0 Å². The van der Waals surface area contributed by atoms with Gasteiger partial charge in [0.15, 0.2) is 11.9 Å². The number of hydrogen-bond donors (Lipinski definition) is 6. The van der Waals surface area contributed by atoms with Crippen LogP contribution in [0.25, 0.3) is 0 Å². The molecule has 0 amide bonds. The summed E-state index contributed by atoms with van der Waals surface area (Å²) in [6.45, 7) is 0. The second-order valence-corrected chi connectivity index (χ2v) is 7.41. The van der Waals surface area contributed by atoms with Crippen LogP contribution in [0, 0.1) is 0 Å². The summed E-state index contributed by atoms with van der Waals surface area (Å²) in [6, 6.07) is 5.54. The molecule has 0 radical (unpaired) electrons. The fourth-order valence-corrected chi connectivity index (χ4v) is 3.77. The molecule has 0 saturated carbocycles. The number of aromatic carboxylic acids is 1. The Balaban J connectivity index is 1.76. The number of ketones is 2. The number of carboxylic acid groups (broad SMARTS) is 2. The number of phenolic OH excluding ortho intramolecular Hbond substituents is 1. The maximum absolute atomic E-state index is 13.2. The molecular weight excluding hydrogens is 444 g/mol. The van der Waals surface area contributed by atoms with E-state index in [1.54, 1.807) is 0 Å². The minimum absolute atomic E-state index is 0.201. The number of aromatic hydroxyl groups is 1. The smallest absolute Gasteiger partial charge is 0.335 e. The number of aliphatic hydroxyl groups is 3. The van der Waals surface area contributed by atoms with E-state index >= 15 is 0 Å². The maximum atomic E-state index is 13.2. The Morgan fingerprint density at radius 1 is 0.879 bits per heavy atom. The van der Waals surface area contributed by atoms with Crippen molar-refractivity contribution in [2.75, 3.05) is 0 Å². The first-order valence-corrected chi connectivity index (χ1v) is 9.44. The quantitative estimate of drug-likeness (QED) is 0.281. The van der Waals surface area contributed by atoms with Crippen LogP contribution in [0.5, 0.6) is 11.5 Å². The molecule has 1 fully saturated rings. The summed E-state index contributed by atoms with van der Waals surface area (Å²) in [5.74, 6) is -5.83. The Bertz CT molecular complexity index is 1200. The topological polar surface area (TPSA) is 208 Å². The molecule has 5 atom stereocenters. The largest absolute Gasteiger partial charge is 0.507 e. The highest BCUT2D eigenvalue weighted by atomic mass is 16.7. The molecule has 1 aliphatic heterocycles. The molecule has 6 N–H and O–H groups in total. The van der Waals surface area contributed by atoms with Gasteiger partial charge in [-0.05, 0) is 18.2 Å². The van der Waals surface area contributed by atoms with E-state index in [1.807, 2.05) is 0 Å². The second-order valence-electron chi connectivity index (χ2n) is 7.41. The number of aliphatic hydroxyl groups excluding tert-OH is 3. The van der Waals surface area contributed by atoms with Crippen molar-refractivity contribution in [1.82, 2.24) is 0 Å². The molecule has 1 heterocycles. The first-order valence-electron chi connectivity index (χ1n) is 9.44. The number of carbonyl (C=O) groups is 4. The van der Waals surface area contributed by atoms with Crippen molar-refractivity contribution in [3.8, 4) is 11.5 Å². The van der Waals surface area contributed by atoms with Crippen molar-refractivity contribution in [1.29, 1.82) is 0 Å². The van der Waals surface area contributed by atoms with Crippen LogP contribution in [0.3, 0.4) is 0 Å². The van der Waals surface area contributed by atoms with Gasteiger partial charge in [-0.3, -0.25) is 9.59 Å². The van der Waals surface area contributed by atoms with Gasteiger partial charge in [-0.15, -0.1) is 0 Å². The summed E-state index contributed by atoms with van der Waals surface area (Å²) in [5.41, 5.74) is -1.75. The van der Waals surface area contributed by atoms with Gasteiger partial charge >= 0.3 is 11.9 Å². The number of rotatable bonds is 4. The Hall–Kier alpha value is -3.84. The van der Waals surface area contributed by atoms with Gasteiger partial charge in [-0.2, -0.15) is 0 Å². The number of carbonyl (C=O) groups excluding carboxylic acids is 2. The van der Waals surface area contributed by atoms with Gasteiger partial charge in [0.05, 0.1) is 16.7 Å². The second kappa shape index (κ2) is 7.94. The Morgan fingerprint density at radius 3 is 2.21 bits per heavy atom. The molecule has 2 aliphatic rings. The first-order chi connectivity index (χ1) is 15.5. The number of hydrogen-bond acceptors (Lipinski definition) is 10. The average Bonchev–Trinajstić information content (AvgIpc) is 2.76. The molecule has 12 nitrogen and oxygen atoms in total. The van der Waals surface area contributed by atoms with E-state index in [4.69, 9.17) is 19.7 Å². The van der Waals surface area contributed by atoms with E-state index in [0.717, 1.165) is 12.1 Å². The number of benzene rings is 2. The molecular formula is C21H16O12. The minimum Gasteiger partial charge on any atom is -0.507 e. The fourth-order valence-electron chi connectivity index (χ4n) is 3.77. The average molecular weight is 460 g/mol. The molecule has 1 saturated heterocycles. The lowest BCUT2D eigenvalue weighted by molar-refractivity contribution is -0.271. The molecule has 0 aromatic heterocycles. The molecule has 33 heavy (non-hydrogen) atoms. The number of carboxylic acids is 2. The van der Waals surface area contributed by atoms with E-state index < -0.39 is 71.1 Å². The molecule has 172 valence electrons. The van der Waals surface area contributed by atoms with Gasteiger partial charge < -0.3 is 40.1 Å². The summed E-state index contributed by atoms with van der Waals surface area (Å²) in [4.78, 5) is 48.7. The maximum Gasteiger partial charge on any atom is 0.335 e. The van der Waals surface area contributed by atoms with Gasteiger partial charge in [0.1, 0.15) is 29.8 Å². The molecule has 12 heteroatoms. The molecule has 2 aromatic rings. The summed E-state index contributed by atoms with van der Waals surface area (Å²) in [7, 11) is 0. The molecule has 0 bridgehead atoms. The van der Waals surface area contributed by atoms with Crippen LogP contribution in [-0.4, -0.2) is 84.9 Å². The summed E-state index contributed by atoms with van der Waals surface area (Å²) in [6.07, 6.45) is -9.63. The van der Waals surface area contributed by atoms with Gasteiger partial charge in [0.25, 0.3) is 0 Å². The Labute approximate surface area is 183 Å². The first kappa shape index (κ1) is 22.4. The molecule has 1 aliphatic carbocycles. The minimum atomic E-state index is -1.96. The monoisotopic (exact) mass is 460 g/mol. The molecule has 2 aromatic carbocycles. The molecule has 4 rings (SSSR count). The number of phenols is 1. The van der Waals surface area contributed by atoms with Crippen LogP contribution in [-0.2, 0) is 9.53 Å². The number of ether oxygens (including phenoxy) is 2. The molecule has 0 spiro atoms. The van der Waals surface area contributed by atoms with Crippen molar-refractivity contribution in [2.24, 2.45) is 0 Å². The highest BCUT2D eigenvalue weighted by Crippen LogP contribution is 2.38. The van der Waals surface area contributed by atoms with E-state index in [2.05, 4.69) is 0 Å². The summed E-state index contributed by atoms with van der Waals surface area (Å²) in [5, 5.41) is 58.5. The van der Waals surface area contributed by atoms with Gasteiger partial charge in [0.2, 0.25) is 12.1 Å². The lowest BCUT2D eigenvalue weighted by Gasteiger charge is -2.38. The highest BCUT2D eigenvalue weighted by molar-refractivity contribution is 6.30. The Morgan fingerprint density at radius 2 is 1.58 bits per heavy atom. The zero-order valence-corrected chi connectivity index (χ0v) is 16.4. The van der Waals surface area contributed by atoms with Crippen molar-refractivity contribution in [3.05, 3.63) is 58.1 Å². The number of fused-ring (bicyclic) bond motifs is 2. The SMILES string of the molecule is O=C(O)c1cc(O)c2c(c1)C(=O)c1cccc(O[C@@H]3O[C@H](C(=O)O)[C@@H](O)[C@H](O)[C@@H]3O)c1C2=O. The third kappa shape index (κ3) is 3.50. The lowest BCUT2D eigenvalue weighted by Crippen LogP contribution is -2.61. The van der Waals surface area contributed by atoms with Crippen molar-refractivity contribution in [3.63, 3.8) is 0 Å². The zero-order chi connectivity index (χ0) is 24.2. The number of aliphatic carboxylic acids is 1. The standard InChI is InChI=1S/C21H16O12/c22-9-5-6(19(28)29)4-8-11(9)14(24)12-7(13(8)23)2-1-3-10(12)32-21-17(27)15(25)16(26)18(33-21)20(30)31/h1-5,15-18,21-22,25-27H,(H,28,29)(H,30,31)/t15-,16-,17-,18-,21+/m0/s1. The Kier molecular flexibility index (Phi) is 5.38. The van der Waals surface area contributed by atoms with Crippen LogP contribution < -0.4 is 4.74 Å². The lowest BCUT2D eigenvalue weighted by atomic mass is 9.82. The van der Waals surface area contributed by atoms with Crippen LogP contribution >= 0.6 is 0 Å². The van der Waals surface area contributed by atoms with Crippen LogP contribution in [0.4, 0.5) is 0 Å². The van der Waals surface area contributed by atoms with E-state index in [0.29, 0.717) is 0 Å². The van der Waals surface area contributed by atoms with E-state index in [-0.39, 0.29) is 22.4 Å². The van der Waals surface area contributed by atoms with E-state index in [9.17, 15) is 39.6 Å². The van der Waals surface area contributed by atoms with Gasteiger partial charge in [-0.25, -0.2) is 9.59 Å². The highest BCUT2D eigenvalue weighted by Gasteiger charge is 2.48. The summed E-state index contributed by atoms with van der Waals surface area (Å²) < 4.78 is 10.5. The molecule has 0 unspecified atom stereocenters. The predicted molar refractivity (Wildman–Crippen MR) is 103 cm³/mol. The van der Waals surface area contributed by atoms with Crippen molar-refractivity contribution in [2.45, 2.75) is 30.7 Å². The van der Waals surface area contributed by atoms with E-state index in [1.165, 1.54) is 18.2 Å².